The van der Waals surface area contributed by atoms with Crippen molar-refractivity contribution in [1.82, 2.24) is 19.2 Å². The van der Waals surface area contributed by atoms with Gasteiger partial charge in [-0.1, -0.05) is 29.8 Å². The van der Waals surface area contributed by atoms with Gasteiger partial charge in [-0.3, -0.25) is 14.2 Å². The first-order chi connectivity index (χ1) is 16.8. The molecule has 35 heavy (non-hydrogen) atoms. The molecule has 0 unspecified atom stereocenters. The van der Waals surface area contributed by atoms with E-state index in [4.69, 9.17) is 16.3 Å². The summed E-state index contributed by atoms with van der Waals surface area (Å²) in [5, 5.41) is 7.32. The number of anilines is 1. The normalized spacial score (nSPS) is 11.2. The molecule has 0 aliphatic rings. The summed E-state index contributed by atoms with van der Waals surface area (Å²) in [6, 6.07) is 16.4. The van der Waals surface area contributed by atoms with Crippen LogP contribution in [0.2, 0.25) is 5.02 Å². The molecule has 0 saturated carbocycles. The number of hydrogen-bond acceptors (Lipinski definition) is 5. The lowest BCUT2D eigenvalue weighted by molar-refractivity contribution is 0.101. The number of aryl methyl sites for hydroxylation is 1. The second-order valence-electron chi connectivity index (χ2n) is 7.99. The summed E-state index contributed by atoms with van der Waals surface area (Å²) in [6.07, 6.45) is 0. The van der Waals surface area contributed by atoms with Crippen LogP contribution in [0.5, 0.6) is 5.75 Å². The Morgan fingerprint density at radius 3 is 2.69 bits per heavy atom. The number of benzene rings is 3. The third-order valence-corrected chi connectivity index (χ3v) is 5.83. The number of hydrogen-bond donors (Lipinski definition) is 1. The number of nitrogens with one attached hydrogen (secondary N) is 1. The van der Waals surface area contributed by atoms with E-state index in [9.17, 15) is 14.0 Å². The van der Waals surface area contributed by atoms with Gasteiger partial charge in [0.15, 0.2) is 0 Å². The molecule has 1 amide bonds. The number of ether oxygens (including phenoxy) is 1. The molecule has 0 radical (unpaired) electrons. The first kappa shape index (κ1) is 22.5. The summed E-state index contributed by atoms with van der Waals surface area (Å²) in [5.41, 5.74) is 2.67. The van der Waals surface area contributed by atoms with Gasteiger partial charge in [-0.25, -0.2) is 8.91 Å². The van der Waals surface area contributed by atoms with Gasteiger partial charge in [0.2, 0.25) is 11.5 Å². The minimum atomic E-state index is -0.605. The lowest BCUT2D eigenvalue weighted by Crippen LogP contribution is -2.24. The van der Waals surface area contributed by atoms with Gasteiger partial charge in [0.05, 0.1) is 29.7 Å². The highest BCUT2D eigenvalue weighted by molar-refractivity contribution is 6.32. The maximum atomic E-state index is 13.8. The second-order valence-corrected chi connectivity index (χ2v) is 8.39. The molecule has 1 N–H and O–H groups in total. The van der Waals surface area contributed by atoms with Gasteiger partial charge in [0, 0.05) is 5.69 Å². The topological polar surface area (TPSA) is 90.5 Å². The maximum Gasteiger partial charge on any atom is 0.296 e. The van der Waals surface area contributed by atoms with E-state index in [0.29, 0.717) is 33.1 Å². The van der Waals surface area contributed by atoms with Gasteiger partial charge < -0.3 is 10.1 Å². The molecule has 5 aromatic rings. The van der Waals surface area contributed by atoms with Crippen LogP contribution in [0.25, 0.3) is 16.7 Å². The van der Waals surface area contributed by atoms with Crippen molar-refractivity contribution in [2.24, 2.45) is 0 Å². The number of aromatic nitrogens is 4. The first-order valence-corrected chi connectivity index (χ1v) is 11.0. The van der Waals surface area contributed by atoms with E-state index in [1.807, 2.05) is 19.1 Å². The molecule has 5 rings (SSSR count). The van der Waals surface area contributed by atoms with Crippen molar-refractivity contribution in [2.75, 3.05) is 12.4 Å². The average molecular weight is 492 g/mol. The number of rotatable bonds is 5. The number of halogens is 2. The van der Waals surface area contributed by atoms with Gasteiger partial charge in [0.1, 0.15) is 11.6 Å². The zero-order valence-electron chi connectivity index (χ0n) is 18.8. The van der Waals surface area contributed by atoms with Crippen molar-refractivity contribution < 1.29 is 13.9 Å². The van der Waals surface area contributed by atoms with Crippen molar-refractivity contribution in [1.29, 1.82) is 0 Å². The molecule has 176 valence electrons. The molecule has 0 atom stereocenters. The van der Waals surface area contributed by atoms with Crippen LogP contribution in [-0.2, 0) is 6.54 Å². The van der Waals surface area contributed by atoms with Crippen molar-refractivity contribution in [3.8, 4) is 5.75 Å². The average Bonchev–Trinajstić information content (AvgIpc) is 3.28. The van der Waals surface area contributed by atoms with Crippen LogP contribution in [-0.4, -0.2) is 32.2 Å². The zero-order chi connectivity index (χ0) is 24.7. The number of amides is 1. The van der Waals surface area contributed by atoms with E-state index in [2.05, 4.69) is 15.4 Å². The van der Waals surface area contributed by atoms with E-state index in [1.165, 1.54) is 34.4 Å². The third-order valence-electron chi connectivity index (χ3n) is 5.54. The Morgan fingerprint density at radius 2 is 1.94 bits per heavy atom. The fraction of sp³-hybridized carbons (Fsp3) is 0.120. The monoisotopic (exact) mass is 491 g/mol. The predicted molar refractivity (Wildman–Crippen MR) is 131 cm³/mol. The largest absolute Gasteiger partial charge is 0.495 e. The van der Waals surface area contributed by atoms with Crippen LogP contribution in [0, 0.1) is 12.7 Å². The summed E-state index contributed by atoms with van der Waals surface area (Å²) in [4.78, 5) is 30.6. The molecule has 0 fully saturated rings. The van der Waals surface area contributed by atoms with Gasteiger partial charge >= 0.3 is 0 Å². The minimum absolute atomic E-state index is 0.0179. The van der Waals surface area contributed by atoms with E-state index in [0.717, 1.165) is 5.56 Å². The van der Waals surface area contributed by atoms with Crippen molar-refractivity contribution >= 4 is 39.9 Å². The van der Waals surface area contributed by atoms with Crippen LogP contribution in [0.1, 0.15) is 21.7 Å². The van der Waals surface area contributed by atoms with Gasteiger partial charge in [-0.05, 0) is 60.5 Å². The lowest BCUT2D eigenvalue weighted by Gasteiger charge is -2.12. The molecule has 3 aromatic carbocycles. The van der Waals surface area contributed by atoms with Crippen LogP contribution in [0.3, 0.4) is 0 Å². The Kier molecular flexibility index (Phi) is 5.70. The van der Waals surface area contributed by atoms with Crippen molar-refractivity contribution in [2.45, 2.75) is 13.5 Å². The van der Waals surface area contributed by atoms with E-state index >= 15 is 0 Å². The zero-order valence-corrected chi connectivity index (χ0v) is 19.5. The molecular formula is C25H19ClFN5O3. The number of nitrogens with zero attached hydrogens (tertiary/aromatic N) is 4. The molecule has 0 bridgehead atoms. The minimum Gasteiger partial charge on any atom is -0.495 e. The van der Waals surface area contributed by atoms with Gasteiger partial charge in [0.25, 0.3) is 11.5 Å². The number of carbonyl (C=O) groups excluding carboxylic acids is 1. The molecule has 10 heteroatoms. The predicted octanol–water partition coefficient (Wildman–Crippen LogP) is 4.45. The molecule has 0 spiro atoms. The maximum absolute atomic E-state index is 13.8. The number of fused-ring (bicyclic) bond motifs is 3. The van der Waals surface area contributed by atoms with Gasteiger partial charge in [-0.15, -0.1) is 5.10 Å². The van der Waals surface area contributed by atoms with Crippen molar-refractivity contribution in [3.05, 3.63) is 98.8 Å². The molecule has 2 aromatic heterocycles. The standard InChI is InChI=1S/C25H19ClFN5O3/c1-14-6-8-19-20(10-14)31(13-15-4-3-5-16(27)11-15)25(34)23-29-22(30-32(19)23)24(33)28-17-7-9-21(35-2)18(26)12-17/h3-12H,13H2,1-2H3,(H,28,33). The number of carbonyl (C=O) groups is 1. The van der Waals surface area contributed by atoms with Crippen LogP contribution in [0.15, 0.2) is 65.5 Å². The molecule has 0 aliphatic carbocycles. The Bertz CT molecular complexity index is 1680. The Hall–Kier alpha value is -4.24. The summed E-state index contributed by atoms with van der Waals surface area (Å²) < 4.78 is 21.8. The molecular weight excluding hydrogens is 473 g/mol. The van der Waals surface area contributed by atoms with Crippen LogP contribution < -0.4 is 15.6 Å². The summed E-state index contributed by atoms with van der Waals surface area (Å²) >= 11 is 6.14. The Labute approximate surface area is 203 Å². The smallest absolute Gasteiger partial charge is 0.296 e. The Balaban J connectivity index is 1.60. The van der Waals surface area contributed by atoms with Crippen LogP contribution in [0.4, 0.5) is 10.1 Å². The summed E-state index contributed by atoms with van der Waals surface area (Å²) in [7, 11) is 1.49. The highest BCUT2D eigenvalue weighted by atomic mass is 35.5. The SMILES string of the molecule is COc1ccc(NC(=O)c2nc3c(=O)n(Cc4cccc(F)c4)c4cc(C)ccc4n3n2)cc1Cl. The fourth-order valence-corrected chi connectivity index (χ4v) is 4.14. The summed E-state index contributed by atoms with van der Waals surface area (Å²) in [5.74, 6) is -0.709. The fourth-order valence-electron chi connectivity index (χ4n) is 3.88. The highest BCUT2D eigenvalue weighted by Gasteiger charge is 2.20. The van der Waals surface area contributed by atoms with E-state index in [1.54, 1.807) is 30.3 Å². The number of methoxy groups -OCH3 is 1. The third kappa shape index (κ3) is 4.22. The molecule has 0 aliphatic heterocycles. The van der Waals surface area contributed by atoms with Crippen LogP contribution >= 0.6 is 11.6 Å². The lowest BCUT2D eigenvalue weighted by atomic mass is 10.2. The molecule has 2 heterocycles. The highest BCUT2D eigenvalue weighted by Crippen LogP contribution is 2.27. The second kappa shape index (κ2) is 8.84. The Morgan fingerprint density at radius 1 is 1.11 bits per heavy atom. The quantitative estimate of drug-likeness (QED) is 0.392. The summed E-state index contributed by atoms with van der Waals surface area (Å²) in [6.45, 7) is 2.03. The van der Waals surface area contributed by atoms with Gasteiger partial charge in [-0.2, -0.15) is 4.98 Å². The molecule has 0 saturated heterocycles. The molecule has 8 nitrogen and oxygen atoms in total. The van der Waals surface area contributed by atoms with Crippen molar-refractivity contribution in [3.63, 3.8) is 0 Å². The first-order valence-electron chi connectivity index (χ1n) is 10.6. The van der Waals surface area contributed by atoms with E-state index < -0.39 is 17.3 Å². The van der Waals surface area contributed by atoms with E-state index in [-0.39, 0.29) is 18.0 Å².